The van der Waals surface area contributed by atoms with Gasteiger partial charge in [0.05, 0.1) is 5.03 Å². The van der Waals surface area contributed by atoms with Crippen LogP contribution in [0.2, 0.25) is 0 Å². The first kappa shape index (κ1) is 21.5. The number of thioether (sulfide) groups is 1. The second kappa shape index (κ2) is 8.38. The molecule has 35 heavy (non-hydrogen) atoms. The van der Waals surface area contributed by atoms with Gasteiger partial charge in [0.25, 0.3) is 0 Å². The Morgan fingerprint density at radius 2 is 1.71 bits per heavy atom. The Hall–Kier alpha value is -2.83. The maximum Gasteiger partial charge on any atom is 0.308 e. The molecule has 176 valence electrons. The zero-order valence-corrected chi connectivity index (χ0v) is 20.9. The fraction of sp³-hybridized carbons (Fsp3) is 0.310. The Bertz CT molecular complexity index is 1490. The molecule has 3 aliphatic rings. The van der Waals surface area contributed by atoms with Crippen LogP contribution >= 0.6 is 23.1 Å². The number of nitrogens with one attached hydrogen (secondary N) is 1. The standard InChI is InChI=1S/C29H26N2O2S2/c32-23(30-22-13-12-17-6-4-5-9-19(17)15-22)16-31-28-27(35-29(31)33)24(18-7-2-1-3-8-18)25-20-10-11-21(14-20)26(25)34-28/h1-9,12-13,15,20-21,24-26H,10-11,14,16H2,(H,30,32)/t20-,21-,24-,25-,26+/m0/s1. The molecule has 5 atom stereocenters. The van der Waals surface area contributed by atoms with Crippen molar-refractivity contribution in [1.29, 1.82) is 0 Å². The van der Waals surface area contributed by atoms with Gasteiger partial charge in [0.2, 0.25) is 5.91 Å². The van der Waals surface area contributed by atoms with Gasteiger partial charge in [-0.15, -0.1) is 11.8 Å². The molecule has 1 aliphatic heterocycles. The van der Waals surface area contributed by atoms with Gasteiger partial charge in [0.1, 0.15) is 6.54 Å². The summed E-state index contributed by atoms with van der Waals surface area (Å²) in [6.45, 7) is 0.0531. The second-order valence-corrected chi connectivity index (χ2v) is 12.3. The molecule has 7 rings (SSSR count). The normalized spacial score (nSPS) is 26.5. The summed E-state index contributed by atoms with van der Waals surface area (Å²) in [5.74, 6) is 2.17. The highest BCUT2D eigenvalue weighted by atomic mass is 32.2. The van der Waals surface area contributed by atoms with Crippen molar-refractivity contribution in [1.82, 2.24) is 4.57 Å². The molecule has 6 heteroatoms. The number of hydrogen-bond donors (Lipinski definition) is 1. The van der Waals surface area contributed by atoms with Crippen LogP contribution in [-0.2, 0) is 11.3 Å². The topological polar surface area (TPSA) is 51.1 Å². The summed E-state index contributed by atoms with van der Waals surface area (Å²) in [5.41, 5.74) is 2.07. The summed E-state index contributed by atoms with van der Waals surface area (Å²) >= 11 is 3.23. The summed E-state index contributed by atoms with van der Waals surface area (Å²) in [4.78, 5) is 27.5. The first-order chi connectivity index (χ1) is 17.2. The molecule has 3 aromatic carbocycles. The predicted molar refractivity (Wildman–Crippen MR) is 143 cm³/mol. The van der Waals surface area contributed by atoms with Crippen LogP contribution in [0.3, 0.4) is 0 Å². The van der Waals surface area contributed by atoms with Gasteiger partial charge in [-0.2, -0.15) is 0 Å². The fourth-order valence-electron chi connectivity index (χ4n) is 6.73. The quantitative estimate of drug-likeness (QED) is 0.356. The molecule has 4 nitrogen and oxygen atoms in total. The number of carbonyl (C=O) groups excluding carboxylic acids is 1. The number of aromatic nitrogens is 1. The number of nitrogens with zero attached hydrogens (tertiary/aromatic N) is 1. The molecule has 2 bridgehead atoms. The van der Waals surface area contributed by atoms with Crippen LogP contribution in [0.4, 0.5) is 5.69 Å². The van der Waals surface area contributed by atoms with Crippen molar-refractivity contribution in [3.8, 4) is 0 Å². The number of rotatable bonds is 4. The van der Waals surface area contributed by atoms with Crippen molar-refractivity contribution in [3.05, 3.63) is 92.9 Å². The van der Waals surface area contributed by atoms with Gasteiger partial charge in [-0.25, -0.2) is 0 Å². The van der Waals surface area contributed by atoms with Crippen LogP contribution in [0.15, 0.2) is 82.6 Å². The minimum Gasteiger partial charge on any atom is -0.325 e. The molecule has 0 spiro atoms. The van der Waals surface area contributed by atoms with Gasteiger partial charge in [0.15, 0.2) is 0 Å². The molecule has 4 aromatic rings. The number of amides is 1. The third-order valence-electron chi connectivity index (χ3n) is 8.18. The van der Waals surface area contributed by atoms with Crippen LogP contribution in [0.1, 0.15) is 35.6 Å². The fourth-order valence-corrected chi connectivity index (χ4v) is 9.88. The Morgan fingerprint density at radius 1 is 0.943 bits per heavy atom. The van der Waals surface area contributed by atoms with Crippen molar-refractivity contribution in [2.75, 3.05) is 5.32 Å². The van der Waals surface area contributed by atoms with E-state index in [0.29, 0.717) is 11.2 Å². The lowest BCUT2D eigenvalue weighted by molar-refractivity contribution is -0.116. The maximum absolute atomic E-state index is 13.2. The number of anilines is 1. The van der Waals surface area contributed by atoms with Crippen LogP contribution in [0, 0.1) is 17.8 Å². The van der Waals surface area contributed by atoms with Crippen LogP contribution in [0.25, 0.3) is 10.8 Å². The Kier molecular flexibility index (Phi) is 5.14. The average molecular weight is 499 g/mol. The molecule has 2 heterocycles. The third-order valence-corrected chi connectivity index (χ3v) is 11.0. The van der Waals surface area contributed by atoms with Crippen molar-refractivity contribution in [2.45, 2.75) is 42.0 Å². The molecule has 2 fully saturated rings. The van der Waals surface area contributed by atoms with E-state index in [-0.39, 0.29) is 23.2 Å². The van der Waals surface area contributed by atoms with Crippen LogP contribution in [-0.4, -0.2) is 15.7 Å². The number of carbonyl (C=O) groups is 1. The molecule has 0 radical (unpaired) electrons. The number of hydrogen-bond acceptors (Lipinski definition) is 4. The largest absolute Gasteiger partial charge is 0.325 e. The third kappa shape index (κ3) is 3.57. The van der Waals surface area contributed by atoms with Crippen molar-refractivity contribution in [3.63, 3.8) is 0 Å². The van der Waals surface area contributed by atoms with Crippen molar-refractivity contribution in [2.24, 2.45) is 17.8 Å². The minimum atomic E-state index is -0.157. The van der Waals surface area contributed by atoms with E-state index in [1.54, 1.807) is 4.57 Å². The first-order valence-electron chi connectivity index (χ1n) is 12.4. The lowest BCUT2D eigenvalue weighted by Crippen LogP contribution is -2.34. The minimum absolute atomic E-state index is 0.0237. The SMILES string of the molecule is O=C(Cn1c2c(sc1=O)[C@@H](c1ccccc1)[C@@H]1[C@H]3CC[C@@H](C3)[C@H]1S2)Nc1ccc2ccccc2c1. The highest BCUT2D eigenvalue weighted by Gasteiger charge is 2.55. The highest BCUT2D eigenvalue weighted by molar-refractivity contribution is 8.00. The van der Waals surface area contributed by atoms with Gasteiger partial charge < -0.3 is 5.32 Å². The van der Waals surface area contributed by atoms with E-state index in [1.165, 1.54) is 41.0 Å². The van der Waals surface area contributed by atoms with Gasteiger partial charge >= 0.3 is 4.87 Å². The summed E-state index contributed by atoms with van der Waals surface area (Å²) in [6, 6.07) is 24.7. The van der Waals surface area contributed by atoms with Crippen LogP contribution in [0.5, 0.6) is 0 Å². The molecule has 2 aliphatic carbocycles. The van der Waals surface area contributed by atoms with E-state index >= 15 is 0 Å². The van der Waals surface area contributed by atoms with Gasteiger partial charge in [0, 0.05) is 21.7 Å². The zero-order chi connectivity index (χ0) is 23.5. The summed E-state index contributed by atoms with van der Waals surface area (Å²) < 4.78 is 1.74. The molecule has 2 saturated carbocycles. The van der Waals surface area contributed by atoms with Crippen molar-refractivity contribution >= 4 is 45.5 Å². The van der Waals surface area contributed by atoms with E-state index in [4.69, 9.17) is 0 Å². The second-order valence-electron chi connectivity index (χ2n) is 10.1. The molecule has 1 aromatic heterocycles. The average Bonchev–Trinajstić information content (AvgIpc) is 3.57. The summed E-state index contributed by atoms with van der Waals surface area (Å²) in [5, 5.41) is 6.80. The molecule has 0 unspecified atom stereocenters. The molecular formula is C29H26N2O2S2. The number of thiazole rings is 1. The van der Waals surface area contributed by atoms with E-state index in [2.05, 4.69) is 41.7 Å². The van der Waals surface area contributed by atoms with Gasteiger partial charge in [-0.05, 0) is 65.5 Å². The Labute approximate surface area is 212 Å². The molecule has 1 amide bonds. The van der Waals surface area contributed by atoms with Gasteiger partial charge in [-0.3, -0.25) is 14.2 Å². The lowest BCUT2D eigenvalue weighted by Gasteiger charge is -2.40. The van der Waals surface area contributed by atoms with E-state index < -0.39 is 0 Å². The monoisotopic (exact) mass is 498 g/mol. The van der Waals surface area contributed by atoms with Crippen molar-refractivity contribution < 1.29 is 4.79 Å². The highest BCUT2D eigenvalue weighted by Crippen LogP contribution is 2.63. The van der Waals surface area contributed by atoms with Gasteiger partial charge in [-0.1, -0.05) is 72.0 Å². The van der Waals surface area contributed by atoms with Crippen LogP contribution < -0.4 is 10.2 Å². The Balaban J connectivity index is 1.22. The first-order valence-corrected chi connectivity index (χ1v) is 14.1. The Morgan fingerprint density at radius 3 is 2.57 bits per heavy atom. The summed E-state index contributed by atoms with van der Waals surface area (Å²) in [6.07, 6.45) is 3.93. The lowest BCUT2D eigenvalue weighted by atomic mass is 9.75. The smallest absolute Gasteiger partial charge is 0.308 e. The number of benzene rings is 3. The number of fused-ring (bicyclic) bond motifs is 7. The maximum atomic E-state index is 13.2. The molecule has 1 N–H and O–H groups in total. The predicted octanol–water partition coefficient (Wildman–Crippen LogP) is 6.35. The van der Waals surface area contributed by atoms with E-state index in [9.17, 15) is 9.59 Å². The molecular weight excluding hydrogens is 472 g/mol. The zero-order valence-electron chi connectivity index (χ0n) is 19.2. The summed E-state index contributed by atoms with van der Waals surface area (Å²) in [7, 11) is 0. The molecule has 0 saturated heterocycles. The van der Waals surface area contributed by atoms with E-state index in [0.717, 1.165) is 33.3 Å². The van der Waals surface area contributed by atoms with E-state index in [1.807, 2.05) is 48.2 Å².